The van der Waals surface area contributed by atoms with Gasteiger partial charge in [-0.25, -0.2) is 15.0 Å². The monoisotopic (exact) mass is 376 g/mol. The molecule has 0 spiro atoms. The number of imidazole rings is 1. The average molecular weight is 376 g/mol. The number of nitrogens with zero attached hydrogens (tertiary/aromatic N) is 4. The smallest absolute Gasteiger partial charge is 0.264 e. The highest BCUT2D eigenvalue weighted by Crippen LogP contribution is 2.16. The normalized spacial score (nSPS) is 10.8. The molecule has 1 amide bonds. The highest BCUT2D eigenvalue weighted by Gasteiger charge is 2.14. The number of nitrogens with one attached hydrogen (secondary N) is 2. The van der Waals surface area contributed by atoms with E-state index in [0.717, 1.165) is 15.9 Å². The van der Waals surface area contributed by atoms with E-state index < -0.39 is 11.5 Å². The Kier molecular flexibility index (Phi) is 5.00. The standard InChI is InChI=1S/C15H16N6O2S2/c1-8-19-11(7-25-8)12-16-6-10(14(23)20-12)13(22)17-4-9-5-18-15(24-3)21(9)2/h5-7H,4H2,1-3H3,(H,17,22)(H,16,20,23). The summed E-state index contributed by atoms with van der Waals surface area (Å²) in [6, 6.07) is 0. The molecule has 0 saturated carbocycles. The van der Waals surface area contributed by atoms with Crippen molar-refractivity contribution in [2.45, 2.75) is 18.6 Å². The average Bonchev–Trinajstić information content (AvgIpc) is 3.18. The van der Waals surface area contributed by atoms with Crippen molar-refractivity contribution in [1.82, 2.24) is 29.8 Å². The zero-order valence-corrected chi connectivity index (χ0v) is 15.5. The van der Waals surface area contributed by atoms with Gasteiger partial charge in [0.15, 0.2) is 11.0 Å². The van der Waals surface area contributed by atoms with Gasteiger partial charge in [-0.3, -0.25) is 9.59 Å². The summed E-state index contributed by atoms with van der Waals surface area (Å²) in [6.07, 6.45) is 4.90. The number of aryl methyl sites for hydroxylation is 1. The molecule has 25 heavy (non-hydrogen) atoms. The minimum absolute atomic E-state index is 0.0389. The minimum Gasteiger partial charge on any atom is -0.346 e. The van der Waals surface area contributed by atoms with Crippen molar-refractivity contribution in [3.63, 3.8) is 0 Å². The Morgan fingerprint density at radius 2 is 2.20 bits per heavy atom. The van der Waals surface area contributed by atoms with Gasteiger partial charge in [0.2, 0.25) is 0 Å². The molecule has 0 aliphatic rings. The molecule has 8 nitrogen and oxygen atoms in total. The van der Waals surface area contributed by atoms with E-state index in [9.17, 15) is 9.59 Å². The van der Waals surface area contributed by atoms with Gasteiger partial charge in [-0.1, -0.05) is 11.8 Å². The first-order valence-corrected chi connectivity index (χ1v) is 9.44. The van der Waals surface area contributed by atoms with Crippen LogP contribution >= 0.6 is 23.1 Å². The Bertz CT molecular complexity index is 975. The number of amides is 1. The molecule has 0 aromatic carbocycles. The van der Waals surface area contributed by atoms with Gasteiger partial charge in [0.1, 0.15) is 11.3 Å². The van der Waals surface area contributed by atoms with E-state index in [2.05, 4.69) is 25.3 Å². The largest absolute Gasteiger partial charge is 0.346 e. The van der Waals surface area contributed by atoms with Crippen molar-refractivity contribution >= 4 is 29.0 Å². The summed E-state index contributed by atoms with van der Waals surface area (Å²) in [4.78, 5) is 39.7. The molecule has 0 bridgehead atoms. The number of thiazole rings is 1. The van der Waals surface area contributed by atoms with Crippen molar-refractivity contribution in [1.29, 1.82) is 0 Å². The number of H-pyrrole nitrogens is 1. The summed E-state index contributed by atoms with van der Waals surface area (Å²) in [6.45, 7) is 2.14. The molecule has 0 unspecified atom stereocenters. The minimum atomic E-state index is -0.497. The highest BCUT2D eigenvalue weighted by molar-refractivity contribution is 7.98. The van der Waals surface area contributed by atoms with Gasteiger partial charge in [-0.2, -0.15) is 0 Å². The van der Waals surface area contributed by atoms with Crippen molar-refractivity contribution in [3.05, 3.63) is 44.4 Å². The third-order valence-corrected chi connectivity index (χ3v) is 5.08. The molecule has 0 radical (unpaired) electrons. The highest BCUT2D eigenvalue weighted by atomic mass is 32.2. The molecule has 10 heteroatoms. The lowest BCUT2D eigenvalue weighted by Gasteiger charge is -2.06. The van der Waals surface area contributed by atoms with Crippen LogP contribution in [0.5, 0.6) is 0 Å². The predicted molar refractivity (Wildman–Crippen MR) is 96.9 cm³/mol. The number of hydrogen-bond donors (Lipinski definition) is 2. The molecule has 130 valence electrons. The van der Waals surface area contributed by atoms with Gasteiger partial charge >= 0.3 is 0 Å². The van der Waals surface area contributed by atoms with Gasteiger partial charge in [-0.15, -0.1) is 11.3 Å². The molecular weight excluding hydrogens is 360 g/mol. The maximum absolute atomic E-state index is 12.3. The van der Waals surface area contributed by atoms with E-state index in [0.29, 0.717) is 11.5 Å². The van der Waals surface area contributed by atoms with Crippen molar-refractivity contribution in [3.8, 4) is 11.5 Å². The fourth-order valence-electron chi connectivity index (χ4n) is 2.20. The Labute approximate surface area is 151 Å². The Hall–Kier alpha value is -2.46. The first kappa shape index (κ1) is 17.4. The Balaban J connectivity index is 1.74. The number of thioether (sulfide) groups is 1. The van der Waals surface area contributed by atoms with Crippen LogP contribution in [0.4, 0.5) is 0 Å². The van der Waals surface area contributed by atoms with Crippen LogP contribution < -0.4 is 10.9 Å². The lowest BCUT2D eigenvalue weighted by molar-refractivity contribution is 0.0948. The second kappa shape index (κ2) is 7.19. The number of hydrogen-bond acceptors (Lipinski definition) is 7. The molecule has 3 aromatic rings. The molecule has 3 heterocycles. The molecule has 0 atom stereocenters. The topological polar surface area (TPSA) is 106 Å². The van der Waals surface area contributed by atoms with Crippen LogP contribution in [0.15, 0.2) is 27.7 Å². The van der Waals surface area contributed by atoms with Crippen LogP contribution in [0.3, 0.4) is 0 Å². The van der Waals surface area contributed by atoms with E-state index in [1.807, 2.05) is 24.8 Å². The van der Waals surface area contributed by atoms with Crippen LogP contribution in [-0.4, -0.2) is 36.7 Å². The predicted octanol–water partition coefficient (Wildman–Crippen LogP) is 1.59. The number of carbonyl (C=O) groups is 1. The van der Waals surface area contributed by atoms with Gasteiger partial charge in [-0.05, 0) is 13.2 Å². The van der Waals surface area contributed by atoms with Gasteiger partial charge in [0, 0.05) is 18.6 Å². The Morgan fingerprint density at radius 1 is 1.40 bits per heavy atom. The summed E-state index contributed by atoms with van der Waals surface area (Å²) in [5, 5.41) is 6.25. The van der Waals surface area contributed by atoms with Gasteiger partial charge in [0.25, 0.3) is 11.5 Å². The van der Waals surface area contributed by atoms with Gasteiger partial charge < -0.3 is 14.9 Å². The zero-order chi connectivity index (χ0) is 18.0. The molecule has 0 aliphatic heterocycles. The number of aromatic amines is 1. The van der Waals surface area contributed by atoms with Crippen molar-refractivity contribution < 1.29 is 4.79 Å². The third-order valence-electron chi connectivity index (χ3n) is 3.56. The Morgan fingerprint density at radius 3 is 2.80 bits per heavy atom. The summed E-state index contributed by atoms with van der Waals surface area (Å²) >= 11 is 2.98. The maximum atomic E-state index is 12.3. The fraction of sp³-hybridized carbons (Fsp3) is 0.267. The van der Waals surface area contributed by atoms with E-state index in [1.165, 1.54) is 29.3 Å². The maximum Gasteiger partial charge on any atom is 0.264 e. The molecule has 0 saturated heterocycles. The fourth-order valence-corrected chi connectivity index (χ4v) is 3.35. The molecule has 2 N–H and O–H groups in total. The third kappa shape index (κ3) is 3.64. The van der Waals surface area contributed by atoms with Crippen LogP contribution in [-0.2, 0) is 13.6 Å². The SMILES string of the molecule is CSc1ncc(CNC(=O)c2cnc(-c3csc(C)n3)[nH]c2=O)n1C. The zero-order valence-electron chi connectivity index (χ0n) is 13.9. The first-order chi connectivity index (χ1) is 12.0. The quantitative estimate of drug-likeness (QED) is 0.655. The summed E-state index contributed by atoms with van der Waals surface area (Å²) < 4.78 is 1.89. The van der Waals surface area contributed by atoms with Crippen LogP contribution in [0.25, 0.3) is 11.5 Å². The van der Waals surface area contributed by atoms with E-state index in [4.69, 9.17) is 0 Å². The molecule has 3 aromatic heterocycles. The summed E-state index contributed by atoms with van der Waals surface area (Å²) in [5.74, 6) is -0.135. The van der Waals surface area contributed by atoms with Crippen molar-refractivity contribution in [2.24, 2.45) is 7.05 Å². The molecule has 0 fully saturated rings. The lowest BCUT2D eigenvalue weighted by Crippen LogP contribution is -2.30. The molecule has 3 rings (SSSR count). The van der Waals surface area contributed by atoms with Gasteiger partial charge in [0.05, 0.1) is 23.4 Å². The van der Waals surface area contributed by atoms with Crippen LogP contribution in [0, 0.1) is 6.92 Å². The van der Waals surface area contributed by atoms with Crippen molar-refractivity contribution in [2.75, 3.05) is 6.26 Å². The van der Waals surface area contributed by atoms with E-state index in [1.54, 1.807) is 11.6 Å². The summed E-state index contributed by atoms with van der Waals surface area (Å²) in [5.41, 5.74) is 0.897. The summed E-state index contributed by atoms with van der Waals surface area (Å²) in [7, 11) is 1.87. The number of rotatable bonds is 5. The van der Waals surface area contributed by atoms with E-state index in [-0.39, 0.29) is 12.1 Å². The second-order valence-electron chi connectivity index (χ2n) is 5.20. The number of carbonyl (C=O) groups excluding carboxylic acids is 1. The van der Waals surface area contributed by atoms with E-state index >= 15 is 0 Å². The number of aromatic nitrogens is 5. The second-order valence-corrected chi connectivity index (χ2v) is 7.04. The van der Waals surface area contributed by atoms with Crippen LogP contribution in [0.1, 0.15) is 21.1 Å². The molecular formula is C15H16N6O2S2. The first-order valence-electron chi connectivity index (χ1n) is 7.34. The van der Waals surface area contributed by atoms with Crippen LogP contribution in [0.2, 0.25) is 0 Å². The molecule has 0 aliphatic carbocycles. The lowest BCUT2D eigenvalue weighted by atomic mass is 10.3.